The fourth-order valence-electron chi connectivity index (χ4n) is 3.31. The molecule has 1 aliphatic rings. The molecule has 0 bridgehead atoms. The average molecular weight is 299 g/mol. The summed E-state index contributed by atoms with van der Waals surface area (Å²) in [5, 5.41) is 0. The van der Waals surface area contributed by atoms with Gasteiger partial charge in [-0.2, -0.15) is 0 Å². The summed E-state index contributed by atoms with van der Waals surface area (Å²) in [4.78, 5) is 3.21. The number of nitrogens with zero attached hydrogens (tertiary/aromatic N) is 1. The molecule has 0 atom stereocenters. The van der Waals surface area contributed by atoms with Gasteiger partial charge in [0.2, 0.25) is 0 Å². The van der Waals surface area contributed by atoms with E-state index in [1.165, 1.54) is 83.6 Å². The second-order valence-corrected chi connectivity index (χ2v) is 6.87. The molecular formula is C17H34N2S. The summed E-state index contributed by atoms with van der Waals surface area (Å²) < 4.78 is 0. The van der Waals surface area contributed by atoms with Gasteiger partial charge in [0.15, 0.2) is 0 Å². The summed E-state index contributed by atoms with van der Waals surface area (Å²) >= 11 is 5.10. The Morgan fingerprint density at radius 3 is 2.10 bits per heavy atom. The molecule has 0 aliphatic heterocycles. The third-order valence-corrected chi connectivity index (χ3v) is 4.63. The van der Waals surface area contributed by atoms with Crippen LogP contribution in [0.5, 0.6) is 0 Å². The molecule has 1 rings (SSSR count). The second kappa shape index (κ2) is 11.5. The smallest absolute Gasteiger partial charge is 0.0870 e. The Bertz CT molecular complexity index is 249. The van der Waals surface area contributed by atoms with Crippen molar-refractivity contribution in [3.05, 3.63) is 0 Å². The highest BCUT2D eigenvalue weighted by atomic mass is 32.1. The first-order chi connectivity index (χ1) is 9.74. The molecule has 118 valence electrons. The lowest BCUT2D eigenvalue weighted by atomic mass is 10.1. The van der Waals surface area contributed by atoms with Gasteiger partial charge in [0.05, 0.1) is 4.99 Å². The third kappa shape index (κ3) is 8.21. The molecule has 0 amide bonds. The molecule has 1 aliphatic carbocycles. The molecule has 2 N–H and O–H groups in total. The summed E-state index contributed by atoms with van der Waals surface area (Å²) in [5.41, 5.74) is 5.75. The van der Waals surface area contributed by atoms with E-state index in [0.717, 1.165) is 12.6 Å². The predicted octanol–water partition coefficient (Wildman–Crippen LogP) is 4.66. The fourth-order valence-corrected chi connectivity index (χ4v) is 3.47. The number of thiocarbonyl (C=S) groups is 1. The number of unbranched alkanes of at least 4 members (excludes halogenated alkanes) is 7. The maximum atomic E-state index is 5.75. The van der Waals surface area contributed by atoms with Crippen molar-refractivity contribution in [2.24, 2.45) is 5.73 Å². The van der Waals surface area contributed by atoms with Crippen LogP contribution in [0.1, 0.15) is 84.0 Å². The van der Waals surface area contributed by atoms with Gasteiger partial charge in [-0.1, -0.05) is 76.9 Å². The van der Waals surface area contributed by atoms with Crippen molar-refractivity contribution in [3.63, 3.8) is 0 Å². The van der Waals surface area contributed by atoms with Gasteiger partial charge in [-0.25, -0.2) is 0 Å². The molecule has 1 fully saturated rings. The van der Waals surface area contributed by atoms with E-state index in [1.807, 2.05) is 0 Å². The molecule has 3 heteroatoms. The topological polar surface area (TPSA) is 29.3 Å². The Morgan fingerprint density at radius 2 is 1.55 bits per heavy atom. The minimum absolute atomic E-state index is 0.663. The van der Waals surface area contributed by atoms with E-state index < -0.39 is 0 Å². The van der Waals surface area contributed by atoms with Crippen LogP contribution in [0.3, 0.4) is 0 Å². The minimum Gasteiger partial charge on any atom is -0.392 e. The van der Waals surface area contributed by atoms with Gasteiger partial charge < -0.3 is 5.73 Å². The van der Waals surface area contributed by atoms with Crippen LogP contribution in [0.15, 0.2) is 0 Å². The summed E-state index contributed by atoms with van der Waals surface area (Å²) in [6.07, 6.45) is 16.6. The van der Waals surface area contributed by atoms with E-state index in [2.05, 4.69) is 11.8 Å². The standard InChI is InChI=1S/C17H34N2S/c1-2-3-4-5-6-7-8-11-14-19(15-17(18)20)16-12-9-10-13-16/h16H,2-15H2,1H3,(H2,18,20). The highest BCUT2D eigenvalue weighted by Gasteiger charge is 2.22. The molecule has 0 aromatic carbocycles. The van der Waals surface area contributed by atoms with E-state index in [4.69, 9.17) is 18.0 Å². The van der Waals surface area contributed by atoms with Gasteiger partial charge in [-0.15, -0.1) is 0 Å². The SMILES string of the molecule is CCCCCCCCCCN(CC(N)=S)C1CCCC1. The maximum absolute atomic E-state index is 5.75. The van der Waals surface area contributed by atoms with E-state index in [0.29, 0.717) is 4.99 Å². The number of nitrogens with two attached hydrogens (primary N) is 1. The van der Waals surface area contributed by atoms with Crippen LogP contribution in [0.25, 0.3) is 0 Å². The first-order valence-electron chi connectivity index (χ1n) is 8.76. The van der Waals surface area contributed by atoms with Crippen LogP contribution >= 0.6 is 12.2 Å². The summed E-state index contributed by atoms with van der Waals surface area (Å²) in [6.45, 7) is 4.30. The summed E-state index contributed by atoms with van der Waals surface area (Å²) in [7, 11) is 0. The van der Waals surface area contributed by atoms with Crippen LogP contribution in [0.4, 0.5) is 0 Å². The molecule has 1 saturated carbocycles. The van der Waals surface area contributed by atoms with Crippen molar-refractivity contribution in [1.29, 1.82) is 0 Å². The van der Waals surface area contributed by atoms with E-state index in [9.17, 15) is 0 Å². The number of hydrogen-bond acceptors (Lipinski definition) is 2. The predicted molar refractivity (Wildman–Crippen MR) is 93.2 cm³/mol. The third-order valence-electron chi connectivity index (χ3n) is 4.50. The lowest BCUT2D eigenvalue weighted by Gasteiger charge is -2.28. The molecule has 0 heterocycles. The summed E-state index contributed by atoms with van der Waals surface area (Å²) in [5.74, 6) is 0. The zero-order valence-corrected chi connectivity index (χ0v) is 14.2. The van der Waals surface area contributed by atoms with E-state index >= 15 is 0 Å². The monoisotopic (exact) mass is 298 g/mol. The minimum atomic E-state index is 0.663. The first-order valence-corrected chi connectivity index (χ1v) is 9.17. The quantitative estimate of drug-likeness (QED) is 0.420. The van der Waals surface area contributed by atoms with Crippen LogP contribution in [0.2, 0.25) is 0 Å². The Labute approximate surface area is 131 Å². The zero-order chi connectivity index (χ0) is 14.6. The van der Waals surface area contributed by atoms with E-state index in [-0.39, 0.29) is 0 Å². The Hall–Kier alpha value is -0.150. The van der Waals surface area contributed by atoms with Gasteiger partial charge in [-0.3, -0.25) is 4.90 Å². The van der Waals surface area contributed by atoms with Crippen LogP contribution in [0, 0.1) is 0 Å². The Kier molecular flexibility index (Phi) is 10.3. The van der Waals surface area contributed by atoms with Crippen molar-refractivity contribution >= 4 is 17.2 Å². The van der Waals surface area contributed by atoms with Gasteiger partial charge in [0, 0.05) is 12.6 Å². The highest BCUT2D eigenvalue weighted by molar-refractivity contribution is 7.80. The second-order valence-electron chi connectivity index (χ2n) is 6.35. The molecule has 0 saturated heterocycles. The summed E-state index contributed by atoms with van der Waals surface area (Å²) in [6, 6.07) is 0.751. The van der Waals surface area contributed by atoms with Gasteiger partial charge in [0.25, 0.3) is 0 Å². The highest BCUT2D eigenvalue weighted by Crippen LogP contribution is 2.23. The van der Waals surface area contributed by atoms with Crippen LogP contribution in [-0.2, 0) is 0 Å². The Morgan fingerprint density at radius 1 is 1.00 bits per heavy atom. The van der Waals surface area contributed by atoms with Crippen LogP contribution < -0.4 is 5.73 Å². The van der Waals surface area contributed by atoms with Gasteiger partial charge in [0.1, 0.15) is 0 Å². The number of hydrogen-bond donors (Lipinski definition) is 1. The Balaban J connectivity index is 2.07. The fraction of sp³-hybridized carbons (Fsp3) is 0.941. The van der Waals surface area contributed by atoms with Gasteiger partial charge in [-0.05, 0) is 25.8 Å². The normalized spacial score (nSPS) is 16.1. The number of rotatable bonds is 12. The van der Waals surface area contributed by atoms with Crippen molar-refractivity contribution in [3.8, 4) is 0 Å². The molecular weight excluding hydrogens is 264 g/mol. The lowest BCUT2D eigenvalue weighted by molar-refractivity contribution is 0.222. The van der Waals surface area contributed by atoms with Crippen LogP contribution in [-0.4, -0.2) is 29.0 Å². The molecule has 0 spiro atoms. The van der Waals surface area contributed by atoms with E-state index in [1.54, 1.807) is 0 Å². The zero-order valence-electron chi connectivity index (χ0n) is 13.4. The molecule has 0 unspecified atom stereocenters. The van der Waals surface area contributed by atoms with Crippen molar-refractivity contribution < 1.29 is 0 Å². The molecule has 0 radical (unpaired) electrons. The molecule has 0 aromatic heterocycles. The molecule has 0 aromatic rings. The van der Waals surface area contributed by atoms with Crippen molar-refractivity contribution in [2.75, 3.05) is 13.1 Å². The maximum Gasteiger partial charge on any atom is 0.0870 e. The van der Waals surface area contributed by atoms with Gasteiger partial charge >= 0.3 is 0 Å². The van der Waals surface area contributed by atoms with Crippen molar-refractivity contribution in [2.45, 2.75) is 90.0 Å². The molecule has 2 nitrogen and oxygen atoms in total. The molecule has 20 heavy (non-hydrogen) atoms. The lowest BCUT2D eigenvalue weighted by Crippen LogP contribution is -2.40. The first kappa shape index (κ1) is 17.9. The average Bonchev–Trinajstić information content (AvgIpc) is 2.94. The van der Waals surface area contributed by atoms with Crippen molar-refractivity contribution in [1.82, 2.24) is 4.90 Å². The largest absolute Gasteiger partial charge is 0.392 e.